The topological polar surface area (TPSA) is 101 Å². The van der Waals surface area contributed by atoms with Gasteiger partial charge in [0, 0.05) is 78.5 Å². The third-order valence-corrected chi connectivity index (χ3v) is 11.9. The Morgan fingerprint density at radius 3 is 2.30 bits per heavy atom. The van der Waals surface area contributed by atoms with Crippen LogP contribution in [0.1, 0.15) is 51.7 Å². The first-order chi connectivity index (χ1) is 28.8. The summed E-state index contributed by atoms with van der Waals surface area (Å²) < 4.78 is 21.6. The van der Waals surface area contributed by atoms with Gasteiger partial charge in [0.2, 0.25) is 6.79 Å². The van der Waals surface area contributed by atoms with Crippen LogP contribution in [-0.2, 0) is 17.7 Å². The first-order valence-corrected chi connectivity index (χ1v) is 20.3. The van der Waals surface area contributed by atoms with Crippen LogP contribution in [0.4, 0.5) is 11.4 Å². The Kier molecular flexibility index (Phi) is 10.5. The molecular formula is C48H46ClN5O6. The number of phenols is 1. The second kappa shape index (κ2) is 16.1. The molecule has 60 heavy (non-hydrogen) atoms. The van der Waals surface area contributed by atoms with Crippen LogP contribution in [-0.4, -0.2) is 81.4 Å². The average Bonchev–Trinajstić information content (AvgIpc) is 4.01. The minimum atomic E-state index is -0.264. The smallest absolute Gasteiger partial charge is 0.265 e. The molecule has 0 bridgehead atoms. The molecule has 11 nitrogen and oxygen atoms in total. The number of fused-ring (bicyclic) bond motifs is 4. The van der Waals surface area contributed by atoms with Crippen LogP contribution in [0.2, 0.25) is 0 Å². The number of morpholine rings is 1. The van der Waals surface area contributed by atoms with Crippen molar-refractivity contribution in [2.24, 2.45) is 0 Å². The van der Waals surface area contributed by atoms with Gasteiger partial charge in [0.15, 0.2) is 11.5 Å². The Labute approximate surface area is 354 Å². The quantitative estimate of drug-likeness (QED) is 0.164. The number of anilines is 2. The van der Waals surface area contributed by atoms with Crippen molar-refractivity contribution in [1.29, 1.82) is 0 Å². The number of ether oxygens (including phenoxy) is 3. The van der Waals surface area contributed by atoms with Crippen LogP contribution in [0.25, 0.3) is 27.7 Å². The molecule has 1 N–H and O–H groups in total. The monoisotopic (exact) mass is 823 g/mol. The fourth-order valence-corrected chi connectivity index (χ4v) is 8.93. The third-order valence-electron chi connectivity index (χ3n) is 11.9. The summed E-state index contributed by atoms with van der Waals surface area (Å²) in [6, 6.07) is 34.6. The molecule has 12 heteroatoms. The number of nitrogens with zero attached hydrogens (tertiary/aromatic N) is 5. The number of carbonyl (C=O) groups is 2. The number of hydrogen-bond donors (Lipinski definition) is 1. The number of hydrogen-bond acceptors (Lipinski definition) is 7. The normalized spacial score (nSPS) is 16.2. The minimum absolute atomic E-state index is 0. The van der Waals surface area contributed by atoms with E-state index in [1.165, 1.54) is 5.56 Å². The lowest BCUT2D eigenvalue weighted by atomic mass is 9.92. The lowest BCUT2D eigenvalue weighted by molar-refractivity contribution is 0.0193. The second-order valence-corrected chi connectivity index (χ2v) is 15.8. The number of rotatable bonds is 8. The largest absolute Gasteiger partial charge is 0.508 e. The maximum Gasteiger partial charge on any atom is 0.265 e. The summed E-state index contributed by atoms with van der Waals surface area (Å²) in [5, 5.41) is 11.2. The molecule has 0 radical (unpaired) electrons. The van der Waals surface area contributed by atoms with E-state index in [2.05, 4.69) is 53.8 Å². The zero-order valence-electron chi connectivity index (χ0n) is 33.5. The van der Waals surface area contributed by atoms with Crippen molar-refractivity contribution in [2.75, 3.05) is 44.5 Å². The Morgan fingerprint density at radius 2 is 1.52 bits per heavy atom. The van der Waals surface area contributed by atoms with E-state index in [0.29, 0.717) is 70.5 Å². The molecule has 3 aliphatic heterocycles. The number of pyridine rings is 1. The Balaban J connectivity index is 0.00000462. The summed E-state index contributed by atoms with van der Waals surface area (Å²) in [4.78, 5) is 36.6. The number of phenolic OH excluding ortho intramolecular Hbond substituents is 1. The van der Waals surface area contributed by atoms with Gasteiger partial charge >= 0.3 is 0 Å². The molecule has 0 saturated carbocycles. The van der Waals surface area contributed by atoms with E-state index in [9.17, 15) is 5.11 Å². The molecule has 306 valence electrons. The van der Waals surface area contributed by atoms with E-state index in [1.54, 1.807) is 35.2 Å². The summed E-state index contributed by atoms with van der Waals surface area (Å²) in [6.45, 7) is 8.54. The molecule has 10 rings (SSSR count). The standard InChI is InChI=1S/C48H45N5O6.ClH/c1-31(2)50-18-16-33-24-36(12-15-42(33)50)53(35-10-13-38(54)14-11-35)48(56)41-25-44(51-17-6-5-9-43(41)51)39-26-45-46(59-30-58-45)27-40(39)47(55)52-28-34-8-4-3-7-32(34)23-37(52)29-49-19-21-57-22-20-49;/h3-18,24-27,31,37,54H,19-23,28-30H2,1-2H3;1H/t37-;/m0./s1. The third kappa shape index (κ3) is 7.02. The molecule has 1 atom stereocenters. The molecule has 3 aliphatic rings. The van der Waals surface area contributed by atoms with Gasteiger partial charge in [-0.3, -0.25) is 19.4 Å². The second-order valence-electron chi connectivity index (χ2n) is 15.8. The van der Waals surface area contributed by atoms with Crippen molar-refractivity contribution in [1.82, 2.24) is 18.8 Å². The van der Waals surface area contributed by atoms with Gasteiger partial charge in [-0.2, -0.15) is 0 Å². The van der Waals surface area contributed by atoms with Crippen molar-refractivity contribution in [3.8, 4) is 28.5 Å². The fourth-order valence-electron chi connectivity index (χ4n) is 8.93. The van der Waals surface area contributed by atoms with Gasteiger partial charge in [-0.15, -0.1) is 12.4 Å². The molecule has 2 amide bonds. The van der Waals surface area contributed by atoms with E-state index in [0.717, 1.165) is 42.5 Å². The highest BCUT2D eigenvalue weighted by molar-refractivity contribution is 6.16. The molecule has 0 unspecified atom stereocenters. The van der Waals surface area contributed by atoms with Crippen LogP contribution in [0.15, 0.2) is 122 Å². The summed E-state index contributed by atoms with van der Waals surface area (Å²) in [5.41, 5.74) is 7.65. The lowest BCUT2D eigenvalue weighted by Gasteiger charge is -2.40. The first-order valence-electron chi connectivity index (χ1n) is 20.3. The molecule has 0 spiro atoms. The number of aromatic hydroxyl groups is 1. The predicted molar refractivity (Wildman–Crippen MR) is 234 cm³/mol. The van der Waals surface area contributed by atoms with Crippen LogP contribution in [0.3, 0.4) is 0 Å². The predicted octanol–water partition coefficient (Wildman–Crippen LogP) is 8.88. The van der Waals surface area contributed by atoms with Crippen LogP contribution < -0.4 is 14.4 Å². The highest BCUT2D eigenvalue weighted by Gasteiger charge is 2.35. The van der Waals surface area contributed by atoms with Gasteiger partial charge in [0.25, 0.3) is 11.8 Å². The Hall–Kier alpha value is -6.27. The van der Waals surface area contributed by atoms with E-state index < -0.39 is 0 Å². The minimum Gasteiger partial charge on any atom is -0.508 e. The molecule has 1 saturated heterocycles. The number of benzene rings is 4. The Bertz CT molecular complexity index is 2740. The zero-order chi connectivity index (χ0) is 40.2. The highest BCUT2D eigenvalue weighted by Crippen LogP contribution is 2.42. The molecule has 0 aliphatic carbocycles. The van der Waals surface area contributed by atoms with E-state index in [-0.39, 0.29) is 48.8 Å². The summed E-state index contributed by atoms with van der Waals surface area (Å²) in [6.07, 6.45) is 4.73. The van der Waals surface area contributed by atoms with Crippen LogP contribution in [0.5, 0.6) is 17.2 Å². The van der Waals surface area contributed by atoms with Gasteiger partial charge < -0.3 is 33.2 Å². The lowest BCUT2D eigenvalue weighted by Crippen LogP contribution is -2.52. The summed E-state index contributed by atoms with van der Waals surface area (Å²) >= 11 is 0. The van der Waals surface area contributed by atoms with Gasteiger partial charge in [0.05, 0.1) is 35.6 Å². The number of aromatic nitrogens is 2. The van der Waals surface area contributed by atoms with Crippen molar-refractivity contribution >= 4 is 52.0 Å². The van der Waals surface area contributed by atoms with E-state index in [1.807, 2.05) is 70.1 Å². The fraction of sp³-hybridized carbons (Fsp3) is 0.250. The highest BCUT2D eigenvalue weighted by atomic mass is 35.5. The maximum atomic E-state index is 15.3. The van der Waals surface area contributed by atoms with Crippen molar-refractivity contribution in [3.63, 3.8) is 0 Å². The summed E-state index contributed by atoms with van der Waals surface area (Å²) in [5.74, 6) is 0.775. The molecule has 6 heterocycles. The molecule has 3 aromatic heterocycles. The van der Waals surface area contributed by atoms with Crippen molar-refractivity contribution < 1.29 is 28.9 Å². The van der Waals surface area contributed by atoms with Gasteiger partial charge in [-0.1, -0.05) is 30.3 Å². The van der Waals surface area contributed by atoms with E-state index in [4.69, 9.17) is 14.2 Å². The molecular weight excluding hydrogens is 778 g/mol. The van der Waals surface area contributed by atoms with Gasteiger partial charge in [-0.05, 0) is 110 Å². The van der Waals surface area contributed by atoms with Gasteiger partial charge in [0.1, 0.15) is 5.75 Å². The van der Waals surface area contributed by atoms with Gasteiger partial charge in [-0.25, -0.2) is 0 Å². The number of amides is 2. The zero-order valence-corrected chi connectivity index (χ0v) is 34.3. The molecule has 7 aromatic rings. The SMILES string of the molecule is CC(C)n1ccc2cc(N(C(=O)c3cc(-c4cc5c(cc4C(=O)N4Cc6ccccc6C[C@H]4CN4CCOCC4)OCO5)n4ccccc34)c3ccc(O)cc3)ccc21.Cl. The van der Waals surface area contributed by atoms with Crippen LogP contribution >= 0.6 is 12.4 Å². The number of carbonyl (C=O) groups excluding carboxylic acids is 2. The first kappa shape index (κ1) is 39.2. The number of halogens is 1. The van der Waals surface area contributed by atoms with E-state index >= 15 is 9.59 Å². The van der Waals surface area contributed by atoms with Crippen molar-refractivity contribution in [2.45, 2.75) is 38.9 Å². The average molecular weight is 824 g/mol. The molecule has 4 aromatic carbocycles. The maximum absolute atomic E-state index is 15.3. The van der Waals surface area contributed by atoms with Crippen LogP contribution in [0, 0.1) is 0 Å². The molecule has 1 fully saturated rings. The van der Waals surface area contributed by atoms with Crippen molar-refractivity contribution in [3.05, 3.63) is 144 Å². The summed E-state index contributed by atoms with van der Waals surface area (Å²) in [7, 11) is 0. The Morgan fingerprint density at radius 1 is 0.783 bits per heavy atom.